The van der Waals surface area contributed by atoms with E-state index in [2.05, 4.69) is 20.5 Å². The maximum absolute atomic E-state index is 10.8. The molecule has 0 spiro atoms. The zero-order chi connectivity index (χ0) is 13.1. The number of anilines is 1. The van der Waals surface area contributed by atoms with Gasteiger partial charge in [-0.3, -0.25) is 10.1 Å². The summed E-state index contributed by atoms with van der Waals surface area (Å²) in [5, 5.41) is 21.5. The molecule has 18 heavy (non-hydrogen) atoms. The fourth-order valence-electron chi connectivity index (χ4n) is 1.61. The molecule has 0 aliphatic carbocycles. The zero-order valence-corrected chi connectivity index (χ0v) is 9.94. The molecule has 2 heterocycles. The van der Waals surface area contributed by atoms with Crippen molar-refractivity contribution in [2.24, 2.45) is 7.05 Å². The number of hydrogen-bond donors (Lipinski definition) is 1. The van der Waals surface area contributed by atoms with E-state index in [1.54, 1.807) is 17.9 Å². The lowest BCUT2D eigenvalue weighted by molar-refractivity contribution is -0.384. The van der Waals surface area contributed by atoms with Crippen molar-refractivity contribution in [3.05, 3.63) is 40.6 Å². The Hall–Kier alpha value is -2.51. The highest BCUT2D eigenvalue weighted by molar-refractivity contribution is 5.55. The average molecular weight is 248 g/mol. The van der Waals surface area contributed by atoms with E-state index in [1.165, 1.54) is 18.3 Å². The summed E-state index contributed by atoms with van der Waals surface area (Å²) in [5.41, 5.74) is -0.0634. The summed E-state index contributed by atoms with van der Waals surface area (Å²) >= 11 is 0. The minimum Gasteiger partial charge on any atom is -0.355 e. The van der Waals surface area contributed by atoms with Gasteiger partial charge in [0.25, 0.3) is 0 Å². The molecule has 0 saturated carbocycles. The maximum atomic E-state index is 10.8. The number of aromatic nitrogens is 4. The van der Waals surface area contributed by atoms with E-state index in [1.807, 2.05) is 6.92 Å². The minimum atomic E-state index is -0.473. The van der Waals surface area contributed by atoms with Crippen molar-refractivity contribution in [3.63, 3.8) is 0 Å². The Morgan fingerprint density at radius 2 is 2.33 bits per heavy atom. The number of aryl methyl sites for hydroxylation is 1. The molecular formula is C10H12N6O2. The second-order valence-corrected chi connectivity index (χ2v) is 3.79. The molecule has 8 heteroatoms. The zero-order valence-electron chi connectivity index (χ0n) is 9.94. The highest BCUT2D eigenvalue weighted by Crippen LogP contribution is 2.24. The van der Waals surface area contributed by atoms with Gasteiger partial charge >= 0.3 is 5.69 Å². The van der Waals surface area contributed by atoms with Gasteiger partial charge in [0.1, 0.15) is 6.33 Å². The topological polar surface area (TPSA) is 98.8 Å². The maximum Gasteiger partial charge on any atom is 0.311 e. The minimum absolute atomic E-state index is 0.0634. The Bertz CT molecular complexity index is 567. The lowest BCUT2D eigenvalue weighted by atomic mass is 10.3. The molecule has 0 fully saturated rings. The molecule has 0 aromatic carbocycles. The van der Waals surface area contributed by atoms with Crippen molar-refractivity contribution in [3.8, 4) is 0 Å². The lowest BCUT2D eigenvalue weighted by Gasteiger charge is -2.13. The largest absolute Gasteiger partial charge is 0.355 e. The van der Waals surface area contributed by atoms with Crippen LogP contribution < -0.4 is 5.32 Å². The van der Waals surface area contributed by atoms with E-state index in [0.29, 0.717) is 5.82 Å². The fraction of sp³-hybridized carbons (Fsp3) is 0.300. The lowest BCUT2D eigenvalue weighted by Crippen LogP contribution is -2.13. The van der Waals surface area contributed by atoms with Gasteiger partial charge in [0.15, 0.2) is 5.82 Å². The van der Waals surface area contributed by atoms with Crippen molar-refractivity contribution < 1.29 is 4.92 Å². The Labute approximate surface area is 103 Å². The predicted octanol–water partition coefficient (Wildman–Crippen LogP) is 1.29. The monoisotopic (exact) mass is 248 g/mol. The number of nitro groups is 1. The molecule has 0 aliphatic rings. The summed E-state index contributed by atoms with van der Waals surface area (Å²) in [6, 6.07) is 2.70. The summed E-state index contributed by atoms with van der Waals surface area (Å²) in [4.78, 5) is 14.3. The van der Waals surface area contributed by atoms with Crippen LogP contribution in [0.2, 0.25) is 0 Å². The van der Waals surface area contributed by atoms with Gasteiger partial charge in [-0.05, 0) is 13.0 Å². The molecule has 94 valence electrons. The van der Waals surface area contributed by atoms with Crippen LogP contribution in [0.5, 0.6) is 0 Å². The molecule has 2 aromatic heterocycles. The molecule has 1 N–H and O–H groups in total. The quantitative estimate of drug-likeness (QED) is 0.646. The third kappa shape index (κ3) is 2.26. The second kappa shape index (κ2) is 4.78. The average Bonchev–Trinajstić information content (AvgIpc) is 2.76. The van der Waals surface area contributed by atoms with Gasteiger partial charge in [-0.1, -0.05) is 0 Å². The third-order valence-electron chi connectivity index (χ3n) is 2.47. The van der Waals surface area contributed by atoms with Crippen LogP contribution in [0.25, 0.3) is 0 Å². The number of rotatable bonds is 4. The predicted molar refractivity (Wildman–Crippen MR) is 63.9 cm³/mol. The van der Waals surface area contributed by atoms with Gasteiger partial charge in [-0.25, -0.2) is 4.98 Å². The molecule has 0 amide bonds. The normalized spacial score (nSPS) is 12.1. The molecule has 0 radical (unpaired) electrons. The Morgan fingerprint density at radius 1 is 1.56 bits per heavy atom. The summed E-state index contributed by atoms with van der Waals surface area (Å²) in [6.45, 7) is 1.84. The Kier molecular flexibility index (Phi) is 3.18. The van der Waals surface area contributed by atoms with Crippen LogP contribution in [-0.2, 0) is 7.05 Å². The van der Waals surface area contributed by atoms with Crippen molar-refractivity contribution in [1.29, 1.82) is 0 Å². The summed E-state index contributed by atoms with van der Waals surface area (Å²) in [7, 11) is 1.81. The first kappa shape index (κ1) is 12.0. The number of nitrogens with zero attached hydrogens (tertiary/aromatic N) is 5. The molecule has 8 nitrogen and oxygen atoms in total. The Balaban J connectivity index is 2.25. The van der Waals surface area contributed by atoms with Crippen LogP contribution in [0.4, 0.5) is 11.5 Å². The molecule has 1 unspecified atom stereocenters. The third-order valence-corrected chi connectivity index (χ3v) is 2.47. The van der Waals surface area contributed by atoms with Crippen LogP contribution in [0.15, 0.2) is 24.7 Å². The van der Waals surface area contributed by atoms with Gasteiger partial charge in [-0.2, -0.15) is 0 Å². The highest BCUT2D eigenvalue weighted by Gasteiger charge is 2.18. The van der Waals surface area contributed by atoms with Crippen LogP contribution in [-0.4, -0.2) is 24.7 Å². The van der Waals surface area contributed by atoms with E-state index in [-0.39, 0.29) is 17.5 Å². The van der Waals surface area contributed by atoms with E-state index in [0.717, 1.165) is 0 Å². The van der Waals surface area contributed by atoms with Crippen molar-refractivity contribution in [1.82, 2.24) is 19.7 Å². The second-order valence-electron chi connectivity index (χ2n) is 3.79. The van der Waals surface area contributed by atoms with E-state index >= 15 is 0 Å². The van der Waals surface area contributed by atoms with Crippen molar-refractivity contribution >= 4 is 11.5 Å². The first-order chi connectivity index (χ1) is 8.59. The molecule has 2 rings (SSSR count). The van der Waals surface area contributed by atoms with E-state index in [4.69, 9.17) is 0 Å². The fourth-order valence-corrected chi connectivity index (χ4v) is 1.61. The molecule has 2 aromatic rings. The number of hydrogen-bond acceptors (Lipinski definition) is 6. The number of nitrogens with one attached hydrogen (secondary N) is 1. The first-order valence-corrected chi connectivity index (χ1v) is 5.29. The van der Waals surface area contributed by atoms with Crippen molar-refractivity contribution in [2.45, 2.75) is 13.0 Å². The van der Waals surface area contributed by atoms with Crippen LogP contribution in [0.1, 0.15) is 18.8 Å². The van der Waals surface area contributed by atoms with Crippen LogP contribution >= 0.6 is 0 Å². The van der Waals surface area contributed by atoms with Crippen molar-refractivity contribution in [2.75, 3.05) is 5.32 Å². The highest BCUT2D eigenvalue weighted by atomic mass is 16.6. The van der Waals surface area contributed by atoms with Gasteiger partial charge < -0.3 is 9.88 Å². The molecule has 0 aliphatic heterocycles. The molecule has 0 saturated heterocycles. The van der Waals surface area contributed by atoms with Crippen LogP contribution in [0, 0.1) is 10.1 Å². The Morgan fingerprint density at radius 3 is 2.94 bits per heavy atom. The molecular weight excluding hydrogens is 236 g/mol. The standard InChI is InChI=1S/C10H12N6O2/c1-7(10-14-12-6-15(10)2)13-9-8(16(17)18)4-3-5-11-9/h3-7H,1-2H3,(H,11,13). The molecule has 1 atom stereocenters. The van der Waals surface area contributed by atoms with Gasteiger partial charge in [0.05, 0.1) is 11.0 Å². The summed E-state index contributed by atoms with van der Waals surface area (Å²) < 4.78 is 1.74. The van der Waals surface area contributed by atoms with Gasteiger partial charge in [0.2, 0.25) is 5.82 Å². The summed E-state index contributed by atoms with van der Waals surface area (Å²) in [5.74, 6) is 0.896. The van der Waals surface area contributed by atoms with Gasteiger partial charge in [-0.15, -0.1) is 10.2 Å². The van der Waals surface area contributed by atoms with E-state index in [9.17, 15) is 10.1 Å². The summed E-state index contributed by atoms with van der Waals surface area (Å²) in [6.07, 6.45) is 3.07. The molecule has 0 bridgehead atoms. The van der Waals surface area contributed by atoms with Gasteiger partial charge in [0, 0.05) is 19.3 Å². The first-order valence-electron chi connectivity index (χ1n) is 5.29. The van der Waals surface area contributed by atoms with Crippen LogP contribution in [0.3, 0.4) is 0 Å². The van der Waals surface area contributed by atoms with E-state index < -0.39 is 4.92 Å². The SMILES string of the molecule is CC(Nc1ncccc1[N+](=O)[O-])c1nncn1C. The smallest absolute Gasteiger partial charge is 0.311 e. The number of pyridine rings is 1.